The average molecular weight is 520 g/mol. The lowest BCUT2D eigenvalue weighted by Crippen LogP contribution is -2.11. The Morgan fingerprint density at radius 3 is 2.68 bits per heavy atom. The molecule has 0 N–H and O–H groups in total. The van der Waals surface area contributed by atoms with Gasteiger partial charge in [-0.3, -0.25) is 14.8 Å². The van der Waals surface area contributed by atoms with Crippen molar-refractivity contribution in [2.45, 2.75) is 25.4 Å². The molecule has 192 valence electrons. The summed E-state index contributed by atoms with van der Waals surface area (Å²) < 4.78 is 59.4. The van der Waals surface area contributed by atoms with E-state index in [0.29, 0.717) is 35.5 Å². The van der Waals surface area contributed by atoms with Crippen molar-refractivity contribution < 1.29 is 27.1 Å². The number of hydrogen-bond donors (Lipinski definition) is 0. The summed E-state index contributed by atoms with van der Waals surface area (Å²) in [6, 6.07) is 10.8. The first-order valence-electron chi connectivity index (χ1n) is 11.6. The van der Waals surface area contributed by atoms with Crippen molar-refractivity contribution in [3.05, 3.63) is 101 Å². The number of carbonyl (C=O) groups is 1. The molecule has 0 spiro atoms. The standard InChI is InChI=1S/C28H20F4N4O2/c1-38-20-12-18(11-19(14-20)28(30,31)32)25(37)13-17-9-16(4-5-22(17)29)10-24-21(3-2-7-33-24)26-27-23(6-8-34-27)35-15-36-26/h2-5,7-9,11-12,14-15H,6,10,13H2,1H3. The third-order valence-corrected chi connectivity index (χ3v) is 6.17. The summed E-state index contributed by atoms with van der Waals surface area (Å²) in [7, 11) is 1.21. The highest BCUT2D eigenvalue weighted by atomic mass is 19.4. The number of Topliss-reactive ketones (excluding diaryl/α,β-unsaturated/α-hetero) is 1. The number of carbonyl (C=O) groups excluding carboxylic acids is 1. The SMILES string of the molecule is COc1cc(C(=O)Cc2cc(Cc3ncccc3-c3ncnc4c3N=CC4)ccc2F)cc(C(F)(F)F)c1. The largest absolute Gasteiger partial charge is 0.497 e. The van der Waals surface area contributed by atoms with Gasteiger partial charge in [-0.05, 0) is 47.5 Å². The number of aliphatic imine (C=N–C) groups is 1. The molecule has 0 fully saturated rings. The molecular weight excluding hydrogens is 500 g/mol. The Morgan fingerprint density at radius 1 is 1.05 bits per heavy atom. The van der Waals surface area contributed by atoms with E-state index >= 15 is 0 Å². The van der Waals surface area contributed by atoms with Gasteiger partial charge in [0.05, 0.1) is 24.1 Å². The van der Waals surface area contributed by atoms with Crippen LogP contribution in [-0.4, -0.2) is 34.1 Å². The van der Waals surface area contributed by atoms with Crippen molar-refractivity contribution in [1.29, 1.82) is 0 Å². The predicted molar refractivity (Wildman–Crippen MR) is 132 cm³/mol. The second-order valence-corrected chi connectivity index (χ2v) is 8.68. The molecular formula is C28H20F4N4O2. The number of benzene rings is 2. The van der Waals surface area contributed by atoms with Crippen molar-refractivity contribution in [2.24, 2.45) is 4.99 Å². The summed E-state index contributed by atoms with van der Waals surface area (Å²) in [5.74, 6) is -1.41. The summed E-state index contributed by atoms with van der Waals surface area (Å²) >= 11 is 0. The van der Waals surface area contributed by atoms with Gasteiger partial charge in [0.15, 0.2) is 5.78 Å². The molecule has 6 nitrogen and oxygen atoms in total. The Morgan fingerprint density at radius 2 is 1.89 bits per heavy atom. The second kappa shape index (κ2) is 10.1. The number of nitrogens with zero attached hydrogens (tertiary/aromatic N) is 4. The van der Waals surface area contributed by atoms with E-state index in [-0.39, 0.29) is 16.9 Å². The maximum atomic E-state index is 14.7. The molecule has 5 rings (SSSR count). The van der Waals surface area contributed by atoms with Crippen LogP contribution in [0.5, 0.6) is 5.75 Å². The zero-order valence-corrected chi connectivity index (χ0v) is 20.1. The predicted octanol–water partition coefficient (Wildman–Crippen LogP) is 5.98. The molecule has 0 bridgehead atoms. The third-order valence-electron chi connectivity index (χ3n) is 6.17. The molecule has 0 radical (unpaired) electrons. The fourth-order valence-corrected chi connectivity index (χ4v) is 4.30. The van der Waals surface area contributed by atoms with Gasteiger partial charge in [-0.15, -0.1) is 0 Å². The summed E-state index contributed by atoms with van der Waals surface area (Å²) in [5, 5.41) is 0. The number of hydrogen-bond acceptors (Lipinski definition) is 6. The highest BCUT2D eigenvalue weighted by molar-refractivity contribution is 5.98. The third kappa shape index (κ3) is 5.15. The molecule has 3 heterocycles. The van der Waals surface area contributed by atoms with Crippen molar-refractivity contribution in [1.82, 2.24) is 15.0 Å². The fraction of sp³-hybridized carbons (Fsp3) is 0.179. The van der Waals surface area contributed by atoms with Gasteiger partial charge in [0.1, 0.15) is 29.3 Å². The van der Waals surface area contributed by atoms with Gasteiger partial charge >= 0.3 is 6.18 Å². The zero-order chi connectivity index (χ0) is 26.9. The minimum Gasteiger partial charge on any atom is -0.497 e. The van der Waals surface area contributed by atoms with E-state index in [1.165, 1.54) is 31.6 Å². The normalized spacial score (nSPS) is 12.4. The topological polar surface area (TPSA) is 77.3 Å². The number of aromatic nitrogens is 3. The van der Waals surface area contributed by atoms with Crippen LogP contribution in [0.25, 0.3) is 11.3 Å². The molecule has 0 saturated heterocycles. The molecule has 4 aromatic rings. The number of fused-ring (bicyclic) bond motifs is 1. The van der Waals surface area contributed by atoms with Crippen molar-refractivity contribution in [3.63, 3.8) is 0 Å². The van der Waals surface area contributed by atoms with Gasteiger partial charge in [0.25, 0.3) is 0 Å². The number of rotatable bonds is 7. The van der Waals surface area contributed by atoms with Gasteiger partial charge in [-0.1, -0.05) is 12.1 Å². The Balaban J connectivity index is 1.43. The monoisotopic (exact) mass is 520 g/mol. The van der Waals surface area contributed by atoms with Crippen LogP contribution in [0.2, 0.25) is 0 Å². The zero-order valence-electron chi connectivity index (χ0n) is 20.1. The van der Waals surface area contributed by atoms with Crippen LogP contribution in [-0.2, 0) is 25.4 Å². The Hall–Kier alpha value is -4.47. The van der Waals surface area contributed by atoms with E-state index in [2.05, 4.69) is 19.9 Å². The maximum absolute atomic E-state index is 14.7. The fourth-order valence-electron chi connectivity index (χ4n) is 4.30. The number of alkyl halides is 3. The molecule has 2 aromatic carbocycles. The maximum Gasteiger partial charge on any atom is 0.416 e. The number of methoxy groups -OCH3 is 1. The van der Waals surface area contributed by atoms with E-state index in [4.69, 9.17) is 4.74 Å². The quantitative estimate of drug-likeness (QED) is 0.221. The van der Waals surface area contributed by atoms with Crippen LogP contribution in [0.1, 0.15) is 38.4 Å². The van der Waals surface area contributed by atoms with E-state index in [9.17, 15) is 22.4 Å². The molecule has 38 heavy (non-hydrogen) atoms. The van der Waals surface area contributed by atoms with Crippen LogP contribution in [0.4, 0.5) is 23.2 Å². The van der Waals surface area contributed by atoms with Crippen LogP contribution in [0.15, 0.2) is 66.0 Å². The minimum absolute atomic E-state index is 0.0638. The highest BCUT2D eigenvalue weighted by Crippen LogP contribution is 2.35. The molecule has 2 aromatic heterocycles. The summed E-state index contributed by atoms with van der Waals surface area (Å²) in [6.07, 6.45) is 0.716. The van der Waals surface area contributed by atoms with Crippen LogP contribution in [0, 0.1) is 5.82 Å². The van der Waals surface area contributed by atoms with Gasteiger partial charge in [0.2, 0.25) is 0 Å². The van der Waals surface area contributed by atoms with Crippen LogP contribution >= 0.6 is 0 Å². The van der Waals surface area contributed by atoms with E-state index < -0.39 is 29.8 Å². The Bertz CT molecular complexity index is 1570. The lowest BCUT2D eigenvalue weighted by atomic mass is 9.96. The van der Waals surface area contributed by atoms with Crippen molar-refractivity contribution >= 4 is 17.7 Å². The first-order chi connectivity index (χ1) is 18.2. The van der Waals surface area contributed by atoms with Gasteiger partial charge < -0.3 is 4.74 Å². The number of ketones is 1. The second-order valence-electron chi connectivity index (χ2n) is 8.68. The summed E-state index contributed by atoms with van der Waals surface area (Å²) in [6.45, 7) is 0. The van der Waals surface area contributed by atoms with E-state index in [0.717, 1.165) is 23.4 Å². The molecule has 1 aliphatic heterocycles. The molecule has 10 heteroatoms. The minimum atomic E-state index is -4.66. The van der Waals surface area contributed by atoms with Gasteiger partial charge in [-0.25, -0.2) is 14.4 Å². The molecule has 0 aliphatic carbocycles. The highest BCUT2D eigenvalue weighted by Gasteiger charge is 2.32. The molecule has 1 aliphatic rings. The first kappa shape index (κ1) is 25.2. The van der Waals surface area contributed by atoms with Gasteiger partial charge in [-0.2, -0.15) is 13.2 Å². The van der Waals surface area contributed by atoms with Gasteiger partial charge in [0, 0.05) is 42.8 Å². The van der Waals surface area contributed by atoms with Crippen molar-refractivity contribution in [2.75, 3.05) is 7.11 Å². The Labute approximate surface area is 215 Å². The molecule has 0 saturated carbocycles. The number of ether oxygens (including phenoxy) is 1. The summed E-state index contributed by atoms with van der Waals surface area (Å²) in [4.78, 5) is 30.5. The van der Waals surface area contributed by atoms with E-state index in [1.54, 1.807) is 24.5 Å². The first-order valence-corrected chi connectivity index (χ1v) is 11.6. The van der Waals surface area contributed by atoms with Crippen LogP contribution < -0.4 is 4.74 Å². The Kier molecular flexibility index (Phi) is 6.71. The van der Waals surface area contributed by atoms with E-state index in [1.807, 2.05) is 6.07 Å². The summed E-state index contributed by atoms with van der Waals surface area (Å²) in [5.41, 5.74) is 3.07. The van der Waals surface area contributed by atoms with Crippen LogP contribution in [0.3, 0.4) is 0 Å². The smallest absolute Gasteiger partial charge is 0.416 e. The molecule has 0 atom stereocenters. The lowest BCUT2D eigenvalue weighted by molar-refractivity contribution is -0.137. The molecule has 0 amide bonds. The average Bonchev–Trinajstić information content (AvgIpc) is 3.39. The molecule has 0 unspecified atom stereocenters. The van der Waals surface area contributed by atoms with Crippen molar-refractivity contribution in [3.8, 4) is 17.0 Å². The lowest BCUT2D eigenvalue weighted by Gasteiger charge is -2.13. The number of halogens is 4. The number of pyridine rings is 1.